The predicted molar refractivity (Wildman–Crippen MR) is 121 cm³/mol. The maximum atomic E-state index is 11.5. The molecule has 0 aliphatic carbocycles. The van der Waals surface area contributed by atoms with Gasteiger partial charge in [-0.05, 0) is 63.9 Å². The minimum atomic E-state index is -3.28. The van der Waals surface area contributed by atoms with Crippen LogP contribution < -0.4 is 15.4 Å². The van der Waals surface area contributed by atoms with E-state index in [-0.39, 0.29) is 6.04 Å². The predicted octanol–water partition coefficient (Wildman–Crippen LogP) is 2.22. The fourth-order valence-electron chi connectivity index (χ4n) is 3.98. The number of nitrogens with zero attached hydrogens (tertiary/aromatic N) is 2. The maximum Gasteiger partial charge on any atom is 0.209 e. The van der Waals surface area contributed by atoms with Crippen molar-refractivity contribution in [3.05, 3.63) is 34.9 Å². The number of nitrogens with one attached hydrogen (secondary N) is 3. The van der Waals surface area contributed by atoms with E-state index >= 15 is 0 Å². The van der Waals surface area contributed by atoms with E-state index < -0.39 is 15.6 Å². The van der Waals surface area contributed by atoms with Gasteiger partial charge < -0.3 is 10.6 Å². The molecule has 0 amide bonds. The summed E-state index contributed by atoms with van der Waals surface area (Å²) < 4.78 is 25.7. The van der Waals surface area contributed by atoms with Gasteiger partial charge in [0.05, 0.1) is 6.26 Å². The van der Waals surface area contributed by atoms with Gasteiger partial charge in [0.25, 0.3) is 0 Å². The summed E-state index contributed by atoms with van der Waals surface area (Å²) in [6.45, 7) is 5.91. The standard InChI is InChI=1S/C20H34ClN5O2S/c1-20(2,25-29(5,27)28)14-24-19(22-3)23-13-16-9-7-11-26(4)18(16)15-8-6-10-17(21)12-15/h6,8,10,12,16,18,25H,7,9,11,13-14H2,1-5H3,(H2,22,23,24). The van der Waals surface area contributed by atoms with Crippen molar-refractivity contribution in [2.75, 3.05) is 40.0 Å². The molecular weight excluding hydrogens is 410 g/mol. The van der Waals surface area contributed by atoms with Gasteiger partial charge in [0.1, 0.15) is 0 Å². The van der Waals surface area contributed by atoms with E-state index in [0.29, 0.717) is 18.4 Å². The van der Waals surface area contributed by atoms with Crippen LogP contribution in [0.5, 0.6) is 0 Å². The summed E-state index contributed by atoms with van der Waals surface area (Å²) in [7, 11) is 0.593. The number of halogens is 1. The first-order chi connectivity index (χ1) is 13.5. The average molecular weight is 444 g/mol. The van der Waals surface area contributed by atoms with Crippen LogP contribution in [0.15, 0.2) is 29.3 Å². The number of hydrogen-bond donors (Lipinski definition) is 3. The third-order valence-corrected chi connectivity index (χ3v) is 6.27. The number of guanidine groups is 1. The van der Waals surface area contributed by atoms with E-state index in [1.807, 2.05) is 32.0 Å². The molecule has 164 valence electrons. The molecule has 1 fully saturated rings. The van der Waals surface area contributed by atoms with Crippen LogP contribution in [-0.4, -0.2) is 64.8 Å². The van der Waals surface area contributed by atoms with E-state index in [1.165, 1.54) is 5.56 Å². The Morgan fingerprint density at radius 1 is 1.34 bits per heavy atom. The Morgan fingerprint density at radius 2 is 2.07 bits per heavy atom. The minimum Gasteiger partial charge on any atom is -0.356 e. The summed E-state index contributed by atoms with van der Waals surface area (Å²) in [5, 5.41) is 7.39. The molecule has 2 rings (SSSR count). The average Bonchev–Trinajstić information content (AvgIpc) is 2.59. The van der Waals surface area contributed by atoms with E-state index in [1.54, 1.807) is 7.05 Å². The lowest BCUT2D eigenvalue weighted by Gasteiger charge is -2.40. The molecule has 0 saturated carbocycles. The van der Waals surface area contributed by atoms with Gasteiger partial charge in [-0.1, -0.05) is 23.7 Å². The first kappa shape index (κ1) is 23.9. The van der Waals surface area contributed by atoms with Crippen molar-refractivity contribution in [2.45, 2.75) is 38.3 Å². The van der Waals surface area contributed by atoms with Crippen LogP contribution in [0.1, 0.15) is 38.3 Å². The van der Waals surface area contributed by atoms with Crippen molar-refractivity contribution in [2.24, 2.45) is 10.9 Å². The van der Waals surface area contributed by atoms with Gasteiger partial charge in [-0.2, -0.15) is 0 Å². The highest BCUT2D eigenvalue weighted by molar-refractivity contribution is 7.88. The van der Waals surface area contributed by atoms with Crippen LogP contribution in [-0.2, 0) is 10.0 Å². The molecule has 1 heterocycles. The van der Waals surface area contributed by atoms with Crippen molar-refractivity contribution in [1.82, 2.24) is 20.3 Å². The first-order valence-electron chi connectivity index (χ1n) is 9.90. The number of likely N-dealkylation sites (tertiary alicyclic amines) is 1. The highest BCUT2D eigenvalue weighted by Gasteiger charge is 2.31. The summed E-state index contributed by atoms with van der Waals surface area (Å²) in [5.41, 5.74) is 0.604. The lowest BCUT2D eigenvalue weighted by atomic mass is 9.85. The van der Waals surface area contributed by atoms with Gasteiger partial charge in [0, 0.05) is 36.7 Å². The molecule has 1 aromatic carbocycles. The van der Waals surface area contributed by atoms with E-state index in [4.69, 9.17) is 11.6 Å². The third-order valence-electron chi connectivity index (χ3n) is 5.11. The minimum absolute atomic E-state index is 0.288. The summed E-state index contributed by atoms with van der Waals surface area (Å²) in [6.07, 6.45) is 3.43. The SMILES string of the molecule is CN=C(NCC1CCCN(C)C1c1cccc(Cl)c1)NCC(C)(C)NS(C)(=O)=O. The summed E-state index contributed by atoms with van der Waals surface area (Å²) in [5.74, 6) is 1.07. The van der Waals surface area contributed by atoms with Crippen molar-refractivity contribution < 1.29 is 8.42 Å². The zero-order valence-corrected chi connectivity index (χ0v) is 19.6. The lowest BCUT2D eigenvalue weighted by Crippen LogP contribution is -2.53. The van der Waals surface area contributed by atoms with E-state index in [2.05, 4.69) is 38.4 Å². The topological polar surface area (TPSA) is 85.8 Å². The van der Waals surface area contributed by atoms with Crippen LogP contribution in [0.25, 0.3) is 0 Å². The smallest absolute Gasteiger partial charge is 0.209 e. The van der Waals surface area contributed by atoms with Crippen molar-refractivity contribution in [3.63, 3.8) is 0 Å². The second-order valence-corrected chi connectivity index (χ2v) is 10.6. The number of rotatable bonds is 7. The van der Waals surface area contributed by atoms with E-state index in [9.17, 15) is 8.42 Å². The normalized spacial score (nSPS) is 21.8. The molecule has 0 bridgehead atoms. The molecule has 0 spiro atoms. The van der Waals surface area contributed by atoms with Gasteiger partial charge in [0.15, 0.2) is 5.96 Å². The molecule has 9 heteroatoms. The molecule has 7 nitrogen and oxygen atoms in total. The highest BCUT2D eigenvalue weighted by Crippen LogP contribution is 2.35. The molecule has 2 atom stereocenters. The number of piperidine rings is 1. The van der Waals surface area contributed by atoms with Gasteiger partial charge in [-0.25, -0.2) is 13.1 Å². The Morgan fingerprint density at radius 3 is 2.69 bits per heavy atom. The molecular formula is C20H34ClN5O2S. The number of aliphatic imine (C=N–C) groups is 1. The lowest BCUT2D eigenvalue weighted by molar-refractivity contribution is 0.122. The molecule has 29 heavy (non-hydrogen) atoms. The number of hydrogen-bond acceptors (Lipinski definition) is 4. The van der Waals surface area contributed by atoms with Crippen LogP contribution in [0, 0.1) is 5.92 Å². The number of sulfonamides is 1. The Hall–Kier alpha value is -1.35. The van der Waals surface area contributed by atoms with Crippen molar-refractivity contribution >= 4 is 27.6 Å². The van der Waals surface area contributed by atoms with Gasteiger partial charge in [-0.3, -0.25) is 9.89 Å². The highest BCUT2D eigenvalue weighted by atomic mass is 35.5. The quantitative estimate of drug-likeness (QED) is 0.444. The van der Waals surface area contributed by atoms with Crippen LogP contribution >= 0.6 is 11.6 Å². The maximum absolute atomic E-state index is 11.5. The number of benzene rings is 1. The second-order valence-electron chi connectivity index (χ2n) is 8.45. The Balaban J connectivity index is 1.99. The zero-order chi connectivity index (χ0) is 21.7. The Labute approximate surface area is 180 Å². The van der Waals surface area contributed by atoms with E-state index in [0.717, 1.165) is 37.2 Å². The molecule has 2 unspecified atom stereocenters. The zero-order valence-electron chi connectivity index (χ0n) is 18.0. The van der Waals surface area contributed by atoms with Gasteiger partial charge >= 0.3 is 0 Å². The molecule has 0 radical (unpaired) electrons. The van der Waals surface area contributed by atoms with Crippen LogP contribution in [0.4, 0.5) is 0 Å². The fourth-order valence-corrected chi connectivity index (χ4v) is 5.26. The molecule has 1 saturated heterocycles. The summed E-state index contributed by atoms with van der Waals surface area (Å²) in [6, 6.07) is 8.38. The third kappa shape index (κ3) is 7.77. The second kappa shape index (κ2) is 10.1. The van der Waals surface area contributed by atoms with Crippen molar-refractivity contribution in [3.8, 4) is 0 Å². The fraction of sp³-hybridized carbons (Fsp3) is 0.650. The van der Waals surface area contributed by atoms with Crippen LogP contribution in [0.2, 0.25) is 5.02 Å². The summed E-state index contributed by atoms with van der Waals surface area (Å²) >= 11 is 6.23. The molecule has 1 aliphatic rings. The van der Waals surface area contributed by atoms with Crippen molar-refractivity contribution in [1.29, 1.82) is 0 Å². The molecule has 1 aromatic rings. The van der Waals surface area contributed by atoms with Gasteiger partial charge in [0.2, 0.25) is 10.0 Å². The van der Waals surface area contributed by atoms with Crippen LogP contribution in [0.3, 0.4) is 0 Å². The Bertz CT molecular complexity index is 813. The molecule has 1 aliphatic heterocycles. The molecule has 0 aromatic heterocycles. The molecule has 3 N–H and O–H groups in total. The largest absolute Gasteiger partial charge is 0.356 e. The first-order valence-corrected chi connectivity index (χ1v) is 12.2. The van der Waals surface area contributed by atoms with Gasteiger partial charge in [-0.15, -0.1) is 0 Å². The monoisotopic (exact) mass is 443 g/mol. The Kier molecular flexibility index (Phi) is 8.34. The summed E-state index contributed by atoms with van der Waals surface area (Å²) in [4.78, 5) is 6.67.